The van der Waals surface area contributed by atoms with Crippen LogP contribution in [-0.2, 0) is 6.42 Å². The van der Waals surface area contributed by atoms with Crippen molar-refractivity contribution in [3.8, 4) is 0 Å². The zero-order valence-corrected chi connectivity index (χ0v) is 12.2. The van der Waals surface area contributed by atoms with Gasteiger partial charge in [0.2, 0.25) is 0 Å². The maximum Gasteiger partial charge on any atom is 0.148 e. The summed E-state index contributed by atoms with van der Waals surface area (Å²) in [5.41, 5.74) is 2.92. The van der Waals surface area contributed by atoms with Crippen LogP contribution in [0.2, 0.25) is 0 Å². The molecule has 1 saturated carbocycles. The molecule has 0 spiro atoms. The maximum absolute atomic E-state index is 10.7. The van der Waals surface area contributed by atoms with Gasteiger partial charge in [0.1, 0.15) is 18.0 Å². The number of nitrogens with one attached hydrogen (secondary N) is 2. The highest BCUT2D eigenvalue weighted by Gasteiger charge is 2.28. The van der Waals surface area contributed by atoms with E-state index < -0.39 is 5.60 Å². The number of rotatable bonds is 5. The van der Waals surface area contributed by atoms with Gasteiger partial charge >= 0.3 is 0 Å². The van der Waals surface area contributed by atoms with Gasteiger partial charge in [0.05, 0.1) is 5.60 Å². The number of hydrogen-bond acceptors (Lipinski definition) is 6. The topological polar surface area (TPSA) is 96.1 Å². The number of hydrogen-bond donors (Lipinski definition) is 4. The van der Waals surface area contributed by atoms with E-state index in [-0.39, 0.29) is 0 Å². The van der Waals surface area contributed by atoms with Crippen molar-refractivity contribution in [2.45, 2.75) is 57.5 Å². The maximum atomic E-state index is 10.7. The van der Waals surface area contributed by atoms with Crippen molar-refractivity contribution in [2.24, 2.45) is 5.84 Å². The second-order valence-electron chi connectivity index (χ2n) is 5.54. The predicted octanol–water partition coefficient (Wildman–Crippen LogP) is 1.82. The zero-order valence-electron chi connectivity index (χ0n) is 12.2. The molecule has 0 radical (unpaired) electrons. The average molecular weight is 279 g/mol. The SMILES string of the molecule is CCc1c(NN)ncnc1NCC1(O)CCCCCC1. The van der Waals surface area contributed by atoms with Gasteiger partial charge in [-0.05, 0) is 19.3 Å². The number of aliphatic hydroxyl groups is 1. The minimum Gasteiger partial charge on any atom is -0.388 e. The third kappa shape index (κ3) is 3.58. The number of aromatic nitrogens is 2. The molecule has 0 unspecified atom stereocenters. The molecular formula is C14H25N5O. The number of nitrogens with zero attached hydrogens (tertiary/aromatic N) is 2. The van der Waals surface area contributed by atoms with E-state index in [2.05, 4.69) is 20.7 Å². The van der Waals surface area contributed by atoms with Crippen LogP contribution in [0.15, 0.2) is 6.33 Å². The van der Waals surface area contributed by atoms with Gasteiger partial charge in [0.25, 0.3) is 0 Å². The molecule has 2 rings (SSSR count). The van der Waals surface area contributed by atoms with Gasteiger partial charge in [-0.25, -0.2) is 15.8 Å². The summed E-state index contributed by atoms with van der Waals surface area (Å²) in [6.07, 6.45) is 8.60. The van der Waals surface area contributed by atoms with Gasteiger partial charge in [-0.1, -0.05) is 32.6 Å². The lowest BCUT2D eigenvalue weighted by Crippen LogP contribution is -2.36. The summed E-state index contributed by atoms with van der Waals surface area (Å²) in [6, 6.07) is 0. The molecule has 0 saturated heterocycles. The van der Waals surface area contributed by atoms with Crippen LogP contribution in [-0.4, -0.2) is 27.2 Å². The zero-order chi connectivity index (χ0) is 14.4. The van der Waals surface area contributed by atoms with Gasteiger partial charge < -0.3 is 15.8 Å². The largest absolute Gasteiger partial charge is 0.388 e. The van der Waals surface area contributed by atoms with E-state index in [1.54, 1.807) is 0 Å². The van der Waals surface area contributed by atoms with E-state index in [1.165, 1.54) is 19.2 Å². The van der Waals surface area contributed by atoms with E-state index in [4.69, 9.17) is 5.84 Å². The van der Waals surface area contributed by atoms with Crippen molar-refractivity contribution in [3.63, 3.8) is 0 Å². The highest BCUT2D eigenvalue weighted by molar-refractivity contribution is 5.56. The molecule has 1 fully saturated rings. The van der Waals surface area contributed by atoms with Crippen LogP contribution in [0, 0.1) is 0 Å². The quantitative estimate of drug-likeness (QED) is 0.373. The fourth-order valence-electron chi connectivity index (χ4n) is 2.84. The second kappa shape index (κ2) is 6.85. The Morgan fingerprint density at radius 3 is 2.45 bits per heavy atom. The average Bonchev–Trinajstić information content (AvgIpc) is 2.69. The van der Waals surface area contributed by atoms with Crippen LogP contribution in [0.5, 0.6) is 0 Å². The Bertz CT molecular complexity index is 430. The van der Waals surface area contributed by atoms with Crippen LogP contribution in [0.1, 0.15) is 51.0 Å². The van der Waals surface area contributed by atoms with Crippen molar-refractivity contribution in [1.82, 2.24) is 9.97 Å². The Hall–Kier alpha value is -1.40. The van der Waals surface area contributed by atoms with Gasteiger partial charge in [0.15, 0.2) is 0 Å². The molecule has 0 atom stereocenters. The van der Waals surface area contributed by atoms with Gasteiger partial charge in [0, 0.05) is 12.1 Å². The monoisotopic (exact) mass is 279 g/mol. The minimum atomic E-state index is -0.622. The van der Waals surface area contributed by atoms with Crippen molar-refractivity contribution in [1.29, 1.82) is 0 Å². The molecule has 1 aromatic rings. The van der Waals surface area contributed by atoms with E-state index >= 15 is 0 Å². The third-order valence-corrected chi connectivity index (χ3v) is 4.05. The first-order valence-corrected chi connectivity index (χ1v) is 7.45. The third-order valence-electron chi connectivity index (χ3n) is 4.05. The lowest BCUT2D eigenvalue weighted by Gasteiger charge is -2.27. The van der Waals surface area contributed by atoms with Crippen LogP contribution in [0.3, 0.4) is 0 Å². The molecule has 20 heavy (non-hydrogen) atoms. The highest BCUT2D eigenvalue weighted by Crippen LogP contribution is 2.28. The summed E-state index contributed by atoms with van der Waals surface area (Å²) in [7, 11) is 0. The Labute approximate surface area is 120 Å². The Morgan fingerprint density at radius 1 is 1.20 bits per heavy atom. The summed E-state index contributed by atoms with van der Waals surface area (Å²) in [5.74, 6) is 6.86. The Balaban J connectivity index is 2.06. The van der Waals surface area contributed by atoms with Crippen LogP contribution < -0.4 is 16.6 Å². The first kappa shape index (κ1) is 15.0. The predicted molar refractivity (Wildman–Crippen MR) is 80.4 cm³/mol. The molecule has 1 aromatic heterocycles. The van der Waals surface area contributed by atoms with Crippen LogP contribution in [0.25, 0.3) is 0 Å². The van der Waals surface area contributed by atoms with E-state index in [1.807, 2.05) is 6.92 Å². The Kier molecular flexibility index (Phi) is 5.14. The molecular weight excluding hydrogens is 254 g/mol. The Morgan fingerprint density at radius 2 is 1.85 bits per heavy atom. The molecule has 1 heterocycles. The summed E-state index contributed by atoms with van der Waals surface area (Å²) in [4.78, 5) is 8.37. The fourth-order valence-corrected chi connectivity index (χ4v) is 2.84. The van der Waals surface area contributed by atoms with Crippen LogP contribution >= 0.6 is 0 Å². The number of nitrogen functional groups attached to an aromatic ring is 1. The molecule has 5 N–H and O–H groups in total. The van der Waals surface area contributed by atoms with Crippen molar-refractivity contribution >= 4 is 11.6 Å². The standard InChI is InChI=1S/C14H25N5O/c1-2-11-12(17-10-18-13(11)19-15)16-9-14(20)7-5-3-4-6-8-14/h10,20H,2-9,15H2,1H3,(H2,16,17,18,19). The first-order valence-electron chi connectivity index (χ1n) is 7.45. The fraction of sp³-hybridized carbons (Fsp3) is 0.714. The van der Waals surface area contributed by atoms with E-state index in [0.717, 1.165) is 43.5 Å². The molecule has 6 nitrogen and oxygen atoms in total. The van der Waals surface area contributed by atoms with E-state index in [9.17, 15) is 5.11 Å². The van der Waals surface area contributed by atoms with Crippen molar-refractivity contribution in [2.75, 3.05) is 17.3 Å². The van der Waals surface area contributed by atoms with Crippen LogP contribution in [0.4, 0.5) is 11.6 Å². The summed E-state index contributed by atoms with van der Waals surface area (Å²) < 4.78 is 0. The smallest absolute Gasteiger partial charge is 0.148 e. The first-order chi connectivity index (χ1) is 9.68. The molecule has 6 heteroatoms. The number of nitrogens with two attached hydrogens (primary N) is 1. The molecule has 0 amide bonds. The van der Waals surface area contributed by atoms with E-state index in [0.29, 0.717) is 12.4 Å². The van der Waals surface area contributed by atoms with Crippen molar-refractivity contribution in [3.05, 3.63) is 11.9 Å². The van der Waals surface area contributed by atoms with Gasteiger partial charge in [-0.15, -0.1) is 0 Å². The summed E-state index contributed by atoms with van der Waals surface area (Å²) in [5, 5.41) is 13.9. The minimum absolute atomic E-state index is 0.529. The summed E-state index contributed by atoms with van der Waals surface area (Å²) in [6.45, 7) is 2.56. The lowest BCUT2D eigenvalue weighted by atomic mass is 9.94. The van der Waals surface area contributed by atoms with Gasteiger partial charge in [-0.2, -0.15) is 0 Å². The van der Waals surface area contributed by atoms with Gasteiger partial charge in [-0.3, -0.25) is 0 Å². The molecule has 1 aliphatic carbocycles. The highest BCUT2D eigenvalue weighted by atomic mass is 16.3. The molecule has 0 bridgehead atoms. The summed E-state index contributed by atoms with van der Waals surface area (Å²) >= 11 is 0. The molecule has 1 aliphatic rings. The lowest BCUT2D eigenvalue weighted by molar-refractivity contribution is 0.0380. The van der Waals surface area contributed by atoms with Crippen molar-refractivity contribution < 1.29 is 5.11 Å². The number of anilines is 2. The molecule has 0 aromatic carbocycles. The second-order valence-corrected chi connectivity index (χ2v) is 5.54. The molecule has 0 aliphatic heterocycles. The normalized spacial score (nSPS) is 18.4. The number of hydrazine groups is 1. The molecule has 112 valence electrons.